The van der Waals surface area contributed by atoms with Gasteiger partial charge < -0.3 is 4.90 Å². The Kier molecular flexibility index (Phi) is 5.78. The highest BCUT2D eigenvalue weighted by Crippen LogP contribution is 2.28. The Morgan fingerprint density at radius 3 is 2.32 bits per heavy atom. The van der Waals surface area contributed by atoms with Crippen molar-refractivity contribution in [3.8, 4) is 0 Å². The normalized spacial score (nSPS) is 16.1. The van der Waals surface area contributed by atoms with Crippen molar-refractivity contribution in [2.24, 2.45) is 0 Å². The molecule has 0 bridgehead atoms. The van der Waals surface area contributed by atoms with E-state index in [-0.39, 0.29) is 10.1 Å². The minimum atomic E-state index is -3.52. The number of carbonyl (C=O) groups is 1. The molecule has 2 aromatic rings. The number of hydrogen-bond acceptors (Lipinski definition) is 4. The lowest BCUT2D eigenvalue weighted by atomic mass is 10.1. The summed E-state index contributed by atoms with van der Waals surface area (Å²) in [7, 11) is -3.52. The van der Waals surface area contributed by atoms with Gasteiger partial charge in [-0.3, -0.25) is 4.79 Å². The average Bonchev–Trinajstić information content (AvgIpc) is 3.08. The van der Waals surface area contributed by atoms with Gasteiger partial charge in [-0.1, -0.05) is 41.9 Å². The Morgan fingerprint density at radius 2 is 1.72 bits per heavy atom. The van der Waals surface area contributed by atoms with Gasteiger partial charge in [0.2, 0.25) is 5.91 Å². The molecular weight excluding hydrogens is 380 g/mol. The molecule has 0 atom stereocenters. The number of piperazine rings is 1. The number of benzene rings is 1. The van der Waals surface area contributed by atoms with Crippen molar-refractivity contribution in [3.05, 3.63) is 52.4 Å². The standard InChI is InChI=1S/C17H19ClN2O3S2/c18-15-7-9-17(24-15)25(22,23)20-12-10-19(11-13-20)16(21)8-6-14-4-2-1-3-5-14/h1-5,7,9H,6,8,10-13H2. The van der Waals surface area contributed by atoms with Crippen LogP contribution in [0, 0.1) is 0 Å². The van der Waals surface area contributed by atoms with Crippen LogP contribution in [0.15, 0.2) is 46.7 Å². The summed E-state index contributed by atoms with van der Waals surface area (Å²) in [4.78, 5) is 14.1. The first-order valence-corrected chi connectivity index (χ1v) is 10.7. The number of carbonyl (C=O) groups excluding carboxylic acids is 1. The molecule has 1 amide bonds. The van der Waals surface area contributed by atoms with Crippen LogP contribution in [0.5, 0.6) is 0 Å². The summed E-state index contributed by atoms with van der Waals surface area (Å²) >= 11 is 6.89. The topological polar surface area (TPSA) is 57.7 Å². The zero-order valence-corrected chi connectivity index (χ0v) is 16.0. The highest BCUT2D eigenvalue weighted by molar-refractivity contribution is 7.91. The summed E-state index contributed by atoms with van der Waals surface area (Å²) in [6, 6.07) is 13.0. The van der Waals surface area contributed by atoms with Crippen LogP contribution in [0.1, 0.15) is 12.0 Å². The molecule has 0 saturated carbocycles. The summed E-state index contributed by atoms with van der Waals surface area (Å²) < 4.78 is 27.3. The minimum absolute atomic E-state index is 0.0695. The monoisotopic (exact) mass is 398 g/mol. The number of aryl methyl sites for hydroxylation is 1. The molecule has 3 rings (SSSR count). The molecule has 1 aromatic carbocycles. The molecule has 0 unspecified atom stereocenters. The number of nitrogens with zero attached hydrogens (tertiary/aromatic N) is 2. The highest BCUT2D eigenvalue weighted by atomic mass is 35.5. The van der Waals surface area contributed by atoms with Crippen molar-refractivity contribution in [2.45, 2.75) is 17.1 Å². The van der Waals surface area contributed by atoms with Crippen LogP contribution in [0.3, 0.4) is 0 Å². The maximum Gasteiger partial charge on any atom is 0.252 e. The Morgan fingerprint density at radius 1 is 1.04 bits per heavy atom. The first kappa shape index (κ1) is 18.4. The Balaban J connectivity index is 1.54. The van der Waals surface area contributed by atoms with E-state index >= 15 is 0 Å². The summed E-state index contributed by atoms with van der Waals surface area (Å²) in [6.45, 7) is 1.47. The van der Waals surface area contributed by atoms with Gasteiger partial charge in [-0.15, -0.1) is 11.3 Å². The van der Waals surface area contributed by atoms with E-state index in [1.54, 1.807) is 11.0 Å². The molecule has 1 aliphatic rings. The quantitative estimate of drug-likeness (QED) is 0.778. The zero-order chi connectivity index (χ0) is 17.9. The molecule has 1 aliphatic heterocycles. The van der Waals surface area contributed by atoms with E-state index in [4.69, 9.17) is 11.6 Å². The number of hydrogen-bond donors (Lipinski definition) is 0. The van der Waals surface area contributed by atoms with Crippen LogP contribution in [-0.2, 0) is 21.2 Å². The lowest BCUT2D eigenvalue weighted by Gasteiger charge is -2.33. The lowest BCUT2D eigenvalue weighted by molar-refractivity contribution is -0.132. The molecule has 1 aromatic heterocycles. The second kappa shape index (κ2) is 7.86. The van der Waals surface area contributed by atoms with Gasteiger partial charge in [0.1, 0.15) is 4.21 Å². The van der Waals surface area contributed by atoms with Crippen molar-refractivity contribution in [2.75, 3.05) is 26.2 Å². The Bertz CT molecular complexity index is 829. The first-order chi connectivity index (χ1) is 12.0. The van der Waals surface area contributed by atoms with Gasteiger partial charge in [0.05, 0.1) is 4.34 Å². The van der Waals surface area contributed by atoms with Gasteiger partial charge in [0.25, 0.3) is 10.0 Å². The molecule has 8 heteroatoms. The Hall–Kier alpha value is -1.41. The van der Waals surface area contributed by atoms with E-state index in [1.165, 1.54) is 10.4 Å². The molecule has 0 spiro atoms. The van der Waals surface area contributed by atoms with E-state index in [1.807, 2.05) is 30.3 Å². The molecule has 0 aliphatic carbocycles. The maximum atomic E-state index is 12.6. The fraction of sp³-hybridized carbons (Fsp3) is 0.353. The maximum absolute atomic E-state index is 12.6. The largest absolute Gasteiger partial charge is 0.340 e. The molecule has 25 heavy (non-hydrogen) atoms. The van der Waals surface area contributed by atoms with Gasteiger partial charge in [-0.05, 0) is 24.1 Å². The average molecular weight is 399 g/mol. The zero-order valence-electron chi connectivity index (χ0n) is 13.6. The molecular formula is C17H19ClN2O3S2. The molecule has 134 valence electrons. The number of rotatable bonds is 5. The van der Waals surface area contributed by atoms with Crippen LogP contribution in [0.2, 0.25) is 4.34 Å². The van der Waals surface area contributed by atoms with Gasteiger partial charge in [0.15, 0.2) is 0 Å². The fourth-order valence-corrected chi connectivity index (χ4v) is 5.85. The molecule has 0 N–H and O–H groups in total. The van der Waals surface area contributed by atoms with Gasteiger partial charge in [0, 0.05) is 32.6 Å². The SMILES string of the molecule is O=C(CCc1ccccc1)N1CCN(S(=O)(=O)c2ccc(Cl)s2)CC1. The number of thiophene rings is 1. The second-order valence-corrected chi connectivity index (χ2v) is 9.71. The second-order valence-electron chi connectivity index (χ2n) is 5.83. The molecule has 2 heterocycles. The molecule has 5 nitrogen and oxygen atoms in total. The molecule has 1 saturated heterocycles. The first-order valence-electron chi connectivity index (χ1n) is 8.04. The van der Waals surface area contributed by atoms with E-state index in [0.717, 1.165) is 16.9 Å². The Labute approximate surface area is 156 Å². The van der Waals surface area contributed by atoms with Crippen LogP contribution in [-0.4, -0.2) is 49.7 Å². The van der Waals surface area contributed by atoms with Crippen LogP contribution in [0.4, 0.5) is 0 Å². The van der Waals surface area contributed by atoms with Gasteiger partial charge in [-0.2, -0.15) is 4.31 Å². The summed E-state index contributed by atoms with van der Waals surface area (Å²) in [6.07, 6.45) is 1.14. The van der Waals surface area contributed by atoms with Crippen LogP contribution < -0.4 is 0 Å². The third kappa shape index (κ3) is 4.41. The molecule has 1 fully saturated rings. The summed E-state index contributed by atoms with van der Waals surface area (Å²) in [5.41, 5.74) is 1.13. The van der Waals surface area contributed by atoms with E-state index in [0.29, 0.717) is 43.4 Å². The lowest BCUT2D eigenvalue weighted by Crippen LogP contribution is -2.50. The van der Waals surface area contributed by atoms with Crippen molar-refractivity contribution >= 4 is 38.9 Å². The number of amides is 1. The number of halogens is 1. The van der Waals surface area contributed by atoms with E-state index in [2.05, 4.69) is 0 Å². The third-order valence-corrected chi connectivity index (χ3v) is 7.80. The van der Waals surface area contributed by atoms with Crippen molar-refractivity contribution < 1.29 is 13.2 Å². The van der Waals surface area contributed by atoms with Crippen molar-refractivity contribution in [1.82, 2.24) is 9.21 Å². The van der Waals surface area contributed by atoms with Crippen LogP contribution >= 0.6 is 22.9 Å². The summed E-state index contributed by atoms with van der Waals surface area (Å²) in [5.74, 6) is 0.0695. The van der Waals surface area contributed by atoms with Crippen molar-refractivity contribution in [3.63, 3.8) is 0 Å². The van der Waals surface area contributed by atoms with Crippen LogP contribution in [0.25, 0.3) is 0 Å². The van der Waals surface area contributed by atoms with Gasteiger partial charge >= 0.3 is 0 Å². The van der Waals surface area contributed by atoms with Crippen molar-refractivity contribution in [1.29, 1.82) is 0 Å². The van der Waals surface area contributed by atoms with E-state index < -0.39 is 10.0 Å². The highest BCUT2D eigenvalue weighted by Gasteiger charge is 2.30. The van der Waals surface area contributed by atoms with Gasteiger partial charge in [-0.25, -0.2) is 8.42 Å². The van der Waals surface area contributed by atoms with E-state index in [9.17, 15) is 13.2 Å². The predicted octanol–water partition coefficient (Wildman–Crippen LogP) is 2.87. The molecule has 0 radical (unpaired) electrons. The summed E-state index contributed by atoms with van der Waals surface area (Å²) in [5, 5.41) is 0. The number of sulfonamides is 1. The predicted molar refractivity (Wildman–Crippen MR) is 99.4 cm³/mol. The minimum Gasteiger partial charge on any atom is -0.340 e. The third-order valence-electron chi connectivity index (χ3n) is 4.20. The fourth-order valence-electron chi connectivity index (χ4n) is 2.80. The smallest absolute Gasteiger partial charge is 0.252 e.